The lowest BCUT2D eigenvalue weighted by molar-refractivity contribution is 0.498. The Hall–Kier alpha value is -1.49. The molecular weight excluding hydrogens is 397 g/mol. The second-order valence-corrected chi connectivity index (χ2v) is 8.94. The van der Waals surface area contributed by atoms with Gasteiger partial charge in [0.25, 0.3) is 0 Å². The molecule has 0 atom stereocenters. The third-order valence-electron chi connectivity index (χ3n) is 4.30. The van der Waals surface area contributed by atoms with Gasteiger partial charge in [-0.05, 0) is 49.1 Å². The van der Waals surface area contributed by atoms with E-state index in [0.717, 1.165) is 28.8 Å². The minimum absolute atomic E-state index is 0.464. The van der Waals surface area contributed by atoms with E-state index in [-0.39, 0.29) is 0 Å². The van der Waals surface area contributed by atoms with Crippen LogP contribution in [0.1, 0.15) is 30.5 Å². The molecule has 0 aliphatic heterocycles. The topological polar surface area (TPSA) is 30.7 Å². The van der Waals surface area contributed by atoms with Gasteiger partial charge in [-0.2, -0.15) is 0 Å². The van der Waals surface area contributed by atoms with Gasteiger partial charge in [-0.15, -0.1) is 10.2 Å². The standard InChI is InChI=1S/C21H23Cl2N3S/c1-13(2)11-26-20(18-8-7-17(22)10-19(18)23)24-25-21(26)27-12-16-9-14(3)5-6-15(16)4/h5-10,13H,11-12H2,1-4H3. The first-order valence-corrected chi connectivity index (χ1v) is 10.7. The van der Waals surface area contributed by atoms with Crippen molar-refractivity contribution in [3.05, 3.63) is 63.1 Å². The lowest BCUT2D eigenvalue weighted by Gasteiger charge is -2.14. The molecular formula is C21H23Cl2N3S. The van der Waals surface area contributed by atoms with Crippen LogP contribution in [0.4, 0.5) is 0 Å². The van der Waals surface area contributed by atoms with E-state index in [4.69, 9.17) is 23.2 Å². The summed E-state index contributed by atoms with van der Waals surface area (Å²) in [5.74, 6) is 2.11. The summed E-state index contributed by atoms with van der Waals surface area (Å²) in [5.41, 5.74) is 4.75. The lowest BCUT2D eigenvalue weighted by Crippen LogP contribution is -2.08. The Morgan fingerprint density at radius 3 is 2.52 bits per heavy atom. The summed E-state index contributed by atoms with van der Waals surface area (Å²) in [7, 11) is 0. The van der Waals surface area contributed by atoms with Gasteiger partial charge in [0, 0.05) is 22.9 Å². The molecule has 0 N–H and O–H groups in total. The lowest BCUT2D eigenvalue weighted by atomic mass is 10.1. The molecule has 3 aromatic rings. The fourth-order valence-corrected chi connectivity index (χ4v) is 4.40. The molecule has 0 amide bonds. The normalized spacial score (nSPS) is 11.4. The quantitative estimate of drug-likeness (QED) is 0.410. The minimum atomic E-state index is 0.464. The van der Waals surface area contributed by atoms with E-state index in [0.29, 0.717) is 16.0 Å². The van der Waals surface area contributed by atoms with E-state index in [1.54, 1.807) is 17.8 Å². The molecule has 3 nitrogen and oxygen atoms in total. The van der Waals surface area contributed by atoms with Crippen molar-refractivity contribution in [2.24, 2.45) is 5.92 Å². The van der Waals surface area contributed by atoms with Gasteiger partial charge in [0.2, 0.25) is 0 Å². The molecule has 0 saturated heterocycles. The average Bonchev–Trinajstić information content (AvgIpc) is 2.97. The summed E-state index contributed by atoms with van der Waals surface area (Å²) < 4.78 is 2.16. The molecule has 0 radical (unpaired) electrons. The molecule has 0 unspecified atom stereocenters. The molecule has 27 heavy (non-hydrogen) atoms. The van der Waals surface area contributed by atoms with E-state index in [1.807, 2.05) is 12.1 Å². The summed E-state index contributed by atoms with van der Waals surface area (Å²) in [4.78, 5) is 0. The van der Waals surface area contributed by atoms with E-state index in [9.17, 15) is 0 Å². The van der Waals surface area contributed by atoms with Gasteiger partial charge in [-0.3, -0.25) is 0 Å². The number of halogens is 2. The molecule has 1 aromatic heterocycles. The van der Waals surface area contributed by atoms with E-state index < -0.39 is 0 Å². The molecule has 0 saturated carbocycles. The Labute approximate surface area is 175 Å². The predicted octanol–water partition coefficient (Wildman–Crippen LogP) is 6.82. The second kappa shape index (κ2) is 8.68. The monoisotopic (exact) mass is 419 g/mol. The van der Waals surface area contributed by atoms with Crippen LogP contribution in [-0.4, -0.2) is 14.8 Å². The maximum absolute atomic E-state index is 6.42. The summed E-state index contributed by atoms with van der Waals surface area (Å²) in [5, 5.41) is 11.0. The van der Waals surface area contributed by atoms with E-state index in [1.165, 1.54) is 16.7 Å². The number of nitrogens with zero attached hydrogens (tertiary/aromatic N) is 3. The SMILES string of the molecule is Cc1ccc(C)c(CSc2nnc(-c3ccc(Cl)cc3Cl)n2CC(C)C)c1. The summed E-state index contributed by atoms with van der Waals surface area (Å²) in [6, 6.07) is 12.0. The number of thioether (sulfide) groups is 1. The van der Waals surface area contributed by atoms with Crippen LogP contribution in [0.2, 0.25) is 10.0 Å². The molecule has 0 aliphatic carbocycles. The van der Waals surface area contributed by atoms with Crippen LogP contribution >= 0.6 is 35.0 Å². The minimum Gasteiger partial charge on any atom is -0.302 e. The zero-order chi connectivity index (χ0) is 19.6. The van der Waals surface area contributed by atoms with Crippen molar-refractivity contribution in [3.63, 3.8) is 0 Å². The third kappa shape index (κ3) is 4.87. The zero-order valence-electron chi connectivity index (χ0n) is 16.0. The van der Waals surface area contributed by atoms with Crippen molar-refractivity contribution < 1.29 is 0 Å². The molecule has 3 rings (SSSR count). The largest absolute Gasteiger partial charge is 0.302 e. The third-order valence-corrected chi connectivity index (χ3v) is 5.86. The summed E-state index contributed by atoms with van der Waals surface area (Å²) >= 11 is 14.2. The zero-order valence-corrected chi connectivity index (χ0v) is 18.3. The molecule has 6 heteroatoms. The van der Waals surface area contributed by atoms with Gasteiger partial charge in [0.15, 0.2) is 11.0 Å². The highest BCUT2D eigenvalue weighted by Gasteiger charge is 2.18. The van der Waals surface area contributed by atoms with Crippen LogP contribution in [0.3, 0.4) is 0 Å². The summed E-state index contributed by atoms with van der Waals surface area (Å²) in [6.45, 7) is 9.47. The van der Waals surface area contributed by atoms with Crippen molar-refractivity contribution in [1.29, 1.82) is 0 Å². The van der Waals surface area contributed by atoms with Gasteiger partial charge in [0.1, 0.15) is 0 Å². The molecule has 2 aromatic carbocycles. The highest BCUT2D eigenvalue weighted by atomic mass is 35.5. The number of hydrogen-bond donors (Lipinski definition) is 0. The molecule has 142 valence electrons. The smallest absolute Gasteiger partial charge is 0.191 e. The van der Waals surface area contributed by atoms with Crippen LogP contribution < -0.4 is 0 Å². The maximum atomic E-state index is 6.42. The fraction of sp³-hybridized carbons (Fsp3) is 0.333. The van der Waals surface area contributed by atoms with Gasteiger partial charge < -0.3 is 4.57 Å². The van der Waals surface area contributed by atoms with E-state index in [2.05, 4.69) is 60.7 Å². The van der Waals surface area contributed by atoms with Crippen LogP contribution in [0.25, 0.3) is 11.4 Å². The van der Waals surface area contributed by atoms with Gasteiger partial charge in [-0.1, -0.05) is 72.6 Å². The van der Waals surface area contributed by atoms with Crippen molar-refractivity contribution in [3.8, 4) is 11.4 Å². The number of benzene rings is 2. The van der Waals surface area contributed by atoms with Gasteiger partial charge in [0.05, 0.1) is 5.02 Å². The predicted molar refractivity (Wildman–Crippen MR) is 116 cm³/mol. The average molecular weight is 420 g/mol. The Kier molecular flexibility index (Phi) is 6.51. The fourth-order valence-electron chi connectivity index (χ4n) is 2.89. The first-order valence-electron chi connectivity index (χ1n) is 8.92. The van der Waals surface area contributed by atoms with Crippen LogP contribution in [0.15, 0.2) is 41.6 Å². The van der Waals surface area contributed by atoms with Crippen molar-refractivity contribution >= 4 is 35.0 Å². The Balaban J connectivity index is 1.93. The Morgan fingerprint density at radius 1 is 1.04 bits per heavy atom. The molecule has 1 heterocycles. The Bertz CT molecular complexity index is 951. The van der Waals surface area contributed by atoms with Crippen molar-refractivity contribution in [2.75, 3.05) is 0 Å². The first kappa shape index (κ1) is 20.2. The number of rotatable bonds is 6. The van der Waals surface area contributed by atoms with Crippen molar-refractivity contribution in [1.82, 2.24) is 14.8 Å². The summed E-state index contributed by atoms with van der Waals surface area (Å²) in [6.07, 6.45) is 0. The first-order chi connectivity index (χ1) is 12.8. The molecule has 0 aliphatic rings. The molecule has 0 bridgehead atoms. The molecule has 0 spiro atoms. The molecule has 0 fully saturated rings. The number of aryl methyl sites for hydroxylation is 2. The maximum Gasteiger partial charge on any atom is 0.191 e. The van der Waals surface area contributed by atoms with Crippen LogP contribution in [0.5, 0.6) is 0 Å². The van der Waals surface area contributed by atoms with Crippen LogP contribution in [0, 0.1) is 19.8 Å². The highest BCUT2D eigenvalue weighted by Crippen LogP contribution is 2.33. The van der Waals surface area contributed by atoms with Crippen molar-refractivity contribution in [2.45, 2.75) is 45.1 Å². The van der Waals surface area contributed by atoms with Crippen LogP contribution in [-0.2, 0) is 12.3 Å². The van der Waals surface area contributed by atoms with E-state index >= 15 is 0 Å². The second-order valence-electron chi connectivity index (χ2n) is 7.15. The van der Waals surface area contributed by atoms with Gasteiger partial charge >= 0.3 is 0 Å². The highest BCUT2D eigenvalue weighted by molar-refractivity contribution is 7.98. The Morgan fingerprint density at radius 2 is 1.81 bits per heavy atom. The van der Waals surface area contributed by atoms with Gasteiger partial charge in [-0.25, -0.2) is 0 Å². The number of hydrogen-bond acceptors (Lipinski definition) is 3. The number of aromatic nitrogens is 3.